The number of carbonyl (C=O) groups is 1. The number of amides is 1. The van der Waals surface area contributed by atoms with Gasteiger partial charge in [-0.2, -0.15) is 0 Å². The maximum absolute atomic E-state index is 13.3. The fraction of sp³-hybridized carbons (Fsp3) is 0.464. The second-order valence-electron chi connectivity index (χ2n) is 9.67. The predicted octanol–water partition coefficient (Wildman–Crippen LogP) is 4.71. The largest absolute Gasteiger partial charge is 0.493 e. The maximum atomic E-state index is 13.3. The fourth-order valence-electron chi connectivity index (χ4n) is 6.25. The Balaban J connectivity index is 1.45. The minimum absolute atomic E-state index is 0.0510. The van der Waals surface area contributed by atoms with E-state index in [2.05, 4.69) is 46.4 Å². The molecule has 0 spiro atoms. The summed E-state index contributed by atoms with van der Waals surface area (Å²) >= 11 is 0. The first-order valence-corrected chi connectivity index (χ1v) is 12.5. The Morgan fingerprint density at radius 2 is 1.86 bits per heavy atom. The van der Waals surface area contributed by atoms with Crippen LogP contribution in [0.2, 0.25) is 0 Å². The Bertz CT molecular complexity index is 1210. The molecule has 35 heavy (non-hydrogen) atoms. The third-order valence-corrected chi connectivity index (χ3v) is 8.07. The van der Waals surface area contributed by atoms with Gasteiger partial charge in [-0.1, -0.05) is 25.1 Å². The molecule has 2 N–H and O–H groups in total. The molecule has 1 saturated heterocycles. The lowest BCUT2D eigenvalue weighted by molar-refractivity contribution is -0.000300. The second-order valence-corrected chi connectivity index (χ2v) is 9.67. The lowest BCUT2D eigenvalue weighted by Crippen LogP contribution is -2.53. The lowest BCUT2D eigenvalue weighted by atomic mass is 9.68. The smallest absolute Gasteiger partial charge is 0.251 e. The van der Waals surface area contributed by atoms with E-state index < -0.39 is 0 Å². The van der Waals surface area contributed by atoms with Crippen molar-refractivity contribution in [2.75, 3.05) is 41.0 Å². The molecule has 2 aliphatic heterocycles. The summed E-state index contributed by atoms with van der Waals surface area (Å²) in [5.74, 6) is 1.29. The van der Waals surface area contributed by atoms with Crippen LogP contribution in [0.1, 0.15) is 53.8 Å². The molecule has 3 heterocycles. The first-order chi connectivity index (χ1) is 17.0. The van der Waals surface area contributed by atoms with Gasteiger partial charge in [0.05, 0.1) is 27.4 Å². The Morgan fingerprint density at radius 3 is 2.54 bits per heavy atom. The summed E-state index contributed by atoms with van der Waals surface area (Å²) in [5, 5.41) is 4.60. The van der Waals surface area contributed by atoms with Gasteiger partial charge in [0, 0.05) is 40.7 Å². The summed E-state index contributed by atoms with van der Waals surface area (Å²) < 4.78 is 16.3. The molecule has 2 aliphatic rings. The van der Waals surface area contributed by atoms with Gasteiger partial charge in [-0.25, -0.2) is 0 Å². The molecule has 0 bridgehead atoms. The number of ether oxygens (including phenoxy) is 3. The quantitative estimate of drug-likeness (QED) is 0.515. The third kappa shape index (κ3) is 3.92. The number of para-hydroxylation sites is 1. The summed E-state index contributed by atoms with van der Waals surface area (Å²) in [7, 11) is 4.67. The topological polar surface area (TPSA) is 75.8 Å². The van der Waals surface area contributed by atoms with Crippen LogP contribution >= 0.6 is 0 Å². The monoisotopic (exact) mass is 477 g/mol. The Labute approximate surface area is 206 Å². The van der Waals surface area contributed by atoms with Crippen LogP contribution in [0, 0.1) is 5.41 Å². The number of aromatic nitrogens is 1. The van der Waals surface area contributed by atoms with Crippen LogP contribution in [-0.2, 0) is 6.42 Å². The minimum Gasteiger partial charge on any atom is -0.493 e. The predicted molar refractivity (Wildman–Crippen MR) is 137 cm³/mol. The van der Waals surface area contributed by atoms with Gasteiger partial charge >= 0.3 is 0 Å². The van der Waals surface area contributed by atoms with Crippen molar-refractivity contribution in [1.82, 2.24) is 15.2 Å². The van der Waals surface area contributed by atoms with Crippen molar-refractivity contribution in [3.05, 3.63) is 53.2 Å². The number of H-pyrrole nitrogens is 1. The zero-order valence-corrected chi connectivity index (χ0v) is 21.1. The number of hydrogen-bond acceptors (Lipinski definition) is 5. The average Bonchev–Trinajstić information content (AvgIpc) is 3.29. The number of hydrogen-bond donors (Lipinski definition) is 2. The molecule has 7 heteroatoms. The molecule has 186 valence electrons. The van der Waals surface area contributed by atoms with Crippen molar-refractivity contribution in [1.29, 1.82) is 0 Å². The average molecular weight is 478 g/mol. The van der Waals surface area contributed by atoms with Crippen LogP contribution in [0.25, 0.3) is 10.9 Å². The second kappa shape index (κ2) is 9.46. The normalized spacial score (nSPS) is 21.8. The standard InChI is InChI=1S/C28H35N3O4/c1-5-28(17-29-27(32)18-15-22(33-2)25(35-4)23(16-18)34-3)12-8-13-31-14-11-20-19-9-6-7-10-21(19)30-24(20)26(28)31/h6-7,9-10,15-16,26,30H,5,8,11-14,17H2,1-4H3,(H,29,32). The Morgan fingerprint density at radius 1 is 1.11 bits per heavy atom. The first kappa shape index (κ1) is 23.5. The highest BCUT2D eigenvalue weighted by molar-refractivity contribution is 5.95. The highest BCUT2D eigenvalue weighted by Gasteiger charge is 2.47. The van der Waals surface area contributed by atoms with E-state index in [9.17, 15) is 4.79 Å². The summed E-state index contributed by atoms with van der Waals surface area (Å²) in [6, 6.07) is 12.3. The van der Waals surface area contributed by atoms with Crippen molar-refractivity contribution in [3.63, 3.8) is 0 Å². The number of benzene rings is 2. The molecular weight excluding hydrogens is 442 g/mol. The van der Waals surface area contributed by atoms with Gasteiger partial charge < -0.3 is 24.5 Å². The van der Waals surface area contributed by atoms with E-state index in [0.717, 1.165) is 38.8 Å². The van der Waals surface area contributed by atoms with Gasteiger partial charge in [-0.3, -0.25) is 9.69 Å². The molecule has 2 unspecified atom stereocenters. The summed E-state index contributed by atoms with van der Waals surface area (Å²) in [6.45, 7) is 5.02. The van der Waals surface area contributed by atoms with E-state index in [4.69, 9.17) is 14.2 Å². The molecule has 7 nitrogen and oxygen atoms in total. The SMILES string of the molecule is CCC1(CNC(=O)c2cc(OC)c(OC)c(OC)c2)CCCN2CCc3c([nH]c4ccccc34)C21. The van der Waals surface area contributed by atoms with Crippen molar-refractivity contribution < 1.29 is 19.0 Å². The number of nitrogens with one attached hydrogen (secondary N) is 2. The number of piperidine rings is 1. The molecule has 2 aromatic carbocycles. The molecule has 0 saturated carbocycles. The number of rotatable bonds is 7. The van der Waals surface area contributed by atoms with Crippen LogP contribution in [0.4, 0.5) is 0 Å². The van der Waals surface area contributed by atoms with Crippen LogP contribution in [-0.4, -0.2) is 56.8 Å². The molecule has 0 radical (unpaired) electrons. The van der Waals surface area contributed by atoms with E-state index >= 15 is 0 Å². The number of fused-ring (bicyclic) bond motifs is 5. The number of carbonyl (C=O) groups excluding carboxylic acids is 1. The van der Waals surface area contributed by atoms with E-state index in [1.165, 1.54) is 22.2 Å². The highest BCUT2D eigenvalue weighted by atomic mass is 16.5. The highest BCUT2D eigenvalue weighted by Crippen LogP contribution is 2.51. The van der Waals surface area contributed by atoms with Gasteiger partial charge in [0.2, 0.25) is 5.75 Å². The molecule has 1 fully saturated rings. The van der Waals surface area contributed by atoms with Gasteiger partial charge in [0.1, 0.15) is 0 Å². The third-order valence-electron chi connectivity index (χ3n) is 8.07. The van der Waals surface area contributed by atoms with Crippen molar-refractivity contribution in [2.24, 2.45) is 5.41 Å². The van der Waals surface area contributed by atoms with Gasteiger partial charge in [0.15, 0.2) is 11.5 Å². The molecule has 1 amide bonds. The van der Waals surface area contributed by atoms with Gasteiger partial charge in [-0.15, -0.1) is 0 Å². The van der Waals surface area contributed by atoms with E-state index in [1.807, 2.05) is 0 Å². The van der Waals surface area contributed by atoms with E-state index in [0.29, 0.717) is 29.4 Å². The number of aromatic amines is 1. The van der Waals surface area contributed by atoms with Crippen LogP contribution < -0.4 is 19.5 Å². The molecule has 5 rings (SSSR count). The summed E-state index contributed by atoms with van der Waals surface area (Å²) in [5.41, 5.74) is 4.42. The Hall–Kier alpha value is -3.19. The lowest BCUT2D eigenvalue weighted by Gasteiger charge is -2.52. The van der Waals surface area contributed by atoms with Crippen molar-refractivity contribution in [2.45, 2.75) is 38.6 Å². The molecule has 0 aliphatic carbocycles. The van der Waals surface area contributed by atoms with E-state index in [1.54, 1.807) is 33.5 Å². The number of methoxy groups -OCH3 is 3. The summed E-state index contributed by atoms with van der Waals surface area (Å²) in [4.78, 5) is 19.7. The van der Waals surface area contributed by atoms with Crippen LogP contribution in [0.15, 0.2) is 36.4 Å². The van der Waals surface area contributed by atoms with Gasteiger partial charge in [0.25, 0.3) is 5.91 Å². The minimum atomic E-state index is -0.137. The first-order valence-electron chi connectivity index (χ1n) is 12.5. The molecule has 2 atom stereocenters. The van der Waals surface area contributed by atoms with E-state index in [-0.39, 0.29) is 17.4 Å². The molecular formula is C28H35N3O4. The van der Waals surface area contributed by atoms with Crippen LogP contribution in [0.3, 0.4) is 0 Å². The molecule has 3 aromatic rings. The maximum Gasteiger partial charge on any atom is 0.251 e. The van der Waals surface area contributed by atoms with Crippen molar-refractivity contribution >= 4 is 16.8 Å². The zero-order valence-electron chi connectivity index (χ0n) is 21.1. The van der Waals surface area contributed by atoms with Gasteiger partial charge in [-0.05, 0) is 56.0 Å². The zero-order chi connectivity index (χ0) is 24.6. The van der Waals surface area contributed by atoms with Crippen molar-refractivity contribution in [3.8, 4) is 17.2 Å². The fourth-order valence-corrected chi connectivity index (χ4v) is 6.25. The Kier molecular flexibility index (Phi) is 6.36. The summed E-state index contributed by atoms with van der Waals surface area (Å²) in [6.07, 6.45) is 4.26. The molecule has 1 aromatic heterocycles. The number of nitrogens with zero attached hydrogens (tertiary/aromatic N) is 1. The van der Waals surface area contributed by atoms with Crippen LogP contribution in [0.5, 0.6) is 17.2 Å².